The molecule has 3 nitrogen and oxygen atoms in total. The van der Waals surface area contributed by atoms with Gasteiger partial charge in [0.25, 0.3) is 5.56 Å². The molecule has 0 fully saturated rings. The smallest absolute Gasteiger partial charge is 0.268 e. The van der Waals surface area contributed by atoms with E-state index in [1.165, 1.54) is 11.1 Å². The maximum atomic E-state index is 12.6. The van der Waals surface area contributed by atoms with Crippen LogP contribution in [0.2, 0.25) is 0 Å². The van der Waals surface area contributed by atoms with Crippen LogP contribution in [0.5, 0.6) is 5.75 Å². The monoisotopic (exact) mass is 397 g/mol. The largest absolute Gasteiger partial charge is 0.487 e. The second-order valence-corrected chi connectivity index (χ2v) is 6.98. The molecule has 25 heavy (non-hydrogen) atoms. The Hall–Kier alpha value is -2.33. The van der Waals surface area contributed by atoms with Crippen LogP contribution in [0.15, 0.2) is 70.1 Å². The Bertz CT molecular complexity index is 912. The van der Waals surface area contributed by atoms with Crippen molar-refractivity contribution in [3.05, 3.63) is 97.9 Å². The number of halogens is 1. The van der Waals surface area contributed by atoms with E-state index in [0.717, 1.165) is 11.1 Å². The predicted octanol–water partition coefficient (Wildman–Crippen LogP) is 4.85. The van der Waals surface area contributed by atoms with Crippen molar-refractivity contribution in [3.8, 4) is 5.75 Å². The fourth-order valence-electron chi connectivity index (χ4n) is 2.50. The molecule has 0 bridgehead atoms. The van der Waals surface area contributed by atoms with Crippen LogP contribution in [0.1, 0.15) is 22.3 Å². The fraction of sp³-hybridized carbons (Fsp3) is 0.190. The molecule has 4 heteroatoms. The first-order valence-electron chi connectivity index (χ1n) is 8.16. The summed E-state index contributed by atoms with van der Waals surface area (Å²) in [6.45, 7) is 5.07. The second kappa shape index (κ2) is 7.70. The van der Waals surface area contributed by atoms with Crippen molar-refractivity contribution in [2.24, 2.45) is 0 Å². The van der Waals surface area contributed by atoms with Crippen molar-refractivity contribution in [1.29, 1.82) is 0 Å². The SMILES string of the molecule is Cc1ccc(COc2ccn(Cc3ccc(C)cc3)c(=O)c2Br)cc1. The molecule has 0 amide bonds. The minimum Gasteiger partial charge on any atom is -0.487 e. The maximum Gasteiger partial charge on any atom is 0.268 e. The Morgan fingerprint density at radius 2 is 1.44 bits per heavy atom. The molecule has 0 atom stereocenters. The zero-order chi connectivity index (χ0) is 17.8. The van der Waals surface area contributed by atoms with E-state index in [0.29, 0.717) is 23.4 Å². The van der Waals surface area contributed by atoms with E-state index in [1.54, 1.807) is 10.8 Å². The third kappa shape index (κ3) is 4.40. The van der Waals surface area contributed by atoms with Gasteiger partial charge in [0.15, 0.2) is 0 Å². The highest BCUT2D eigenvalue weighted by Gasteiger charge is 2.09. The van der Waals surface area contributed by atoms with Gasteiger partial charge in [-0.3, -0.25) is 4.79 Å². The third-order valence-corrected chi connectivity index (χ3v) is 4.79. The van der Waals surface area contributed by atoms with Gasteiger partial charge in [-0.05, 0) is 47.0 Å². The lowest BCUT2D eigenvalue weighted by Gasteiger charge is -2.11. The lowest BCUT2D eigenvalue weighted by atomic mass is 10.1. The number of hydrogen-bond acceptors (Lipinski definition) is 2. The first-order chi connectivity index (χ1) is 12.0. The summed E-state index contributed by atoms with van der Waals surface area (Å²) >= 11 is 3.38. The van der Waals surface area contributed by atoms with Crippen LogP contribution in [0.4, 0.5) is 0 Å². The van der Waals surface area contributed by atoms with Gasteiger partial charge < -0.3 is 9.30 Å². The first-order valence-corrected chi connectivity index (χ1v) is 8.95. The predicted molar refractivity (Wildman–Crippen MR) is 104 cm³/mol. The van der Waals surface area contributed by atoms with Gasteiger partial charge in [-0.25, -0.2) is 0 Å². The van der Waals surface area contributed by atoms with Crippen LogP contribution < -0.4 is 10.3 Å². The molecule has 0 spiro atoms. The van der Waals surface area contributed by atoms with Crippen LogP contribution >= 0.6 is 15.9 Å². The lowest BCUT2D eigenvalue weighted by molar-refractivity contribution is 0.302. The summed E-state index contributed by atoms with van der Waals surface area (Å²) in [6, 6.07) is 18.2. The normalized spacial score (nSPS) is 10.7. The Balaban J connectivity index is 1.74. The molecular formula is C21H20BrNO2. The van der Waals surface area contributed by atoms with Crippen LogP contribution in [0.25, 0.3) is 0 Å². The average Bonchev–Trinajstić information content (AvgIpc) is 2.61. The van der Waals surface area contributed by atoms with Gasteiger partial charge in [-0.2, -0.15) is 0 Å². The number of ether oxygens (including phenoxy) is 1. The molecular weight excluding hydrogens is 378 g/mol. The summed E-state index contributed by atoms with van der Waals surface area (Å²) in [5.74, 6) is 0.561. The minimum atomic E-state index is -0.0954. The highest BCUT2D eigenvalue weighted by molar-refractivity contribution is 9.10. The first kappa shape index (κ1) is 17.5. The van der Waals surface area contributed by atoms with Crippen molar-refractivity contribution in [1.82, 2.24) is 4.57 Å². The van der Waals surface area contributed by atoms with Crippen LogP contribution in [-0.4, -0.2) is 4.57 Å². The highest BCUT2D eigenvalue weighted by atomic mass is 79.9. The Labute approximate surface area is 156 Å². The molecule has 128 valence electrons. The van der Waals surface area contributed by atoms with Crippen molar-refractivity contribution in [3.63, 3.8) is 0 Å². The molecule has 0 aliphatic carbocycles. The standard InChI is InChI=1S/C21H20BrNO2/c1-15-3-7-17(8-4-15)13-23-12-11-19(20(22)21(23)24)25-14-18-9-5-16(2)6-10-18/h3-12H,13-14H2,1-2H3. The number of rotatable bonds is 5. The molecule has 0 saturated heterocycles. The van der Waals surface area contributed by atoms with Crippen molar-refractivity contribution in [2.45, 2.75) is 27.0 Å². The Morgan fingerprint density at radius 1 is 0.880 bits per heavy atom. The maximum absolute atomic E-state index is 12.6. The second-order valence-electron chi connectivity index (χ2n) is 6.19. The number of nitrogens with zero attached hydrogens (tertiary/aromatic N) is 1. The molecule has 3 rings (SSSR count). The van der Waals surface area contributed by atoms with E-state index in [-0.39, 0.29) is 5.56 Å². The summed E-state index contributed by atoms with van der Waals surface area (Å²) in [5.41, 5.74) is 4.48. The highest BCUT2D eigenvalue weighted by Crippen LogP contribution is 2.22. The van der Waals surface area contributed by atoms with Crippen molar-refractivity contribution >= 4 is 15.9 Å². The minimum absolute atomic E-state index is 0.0954. The van der Waals surface area contributed by atoms with Gasteiger partial charge in [-0.15, -0.1) is 0 Å². The van der Waals surface area contributed by atoms with Crippen LogP contribution in [0, 0.1) is 13.8 Å². The van der Waals surface area contributed by atoms with Gasteiger partial charge in [0.1, 0.15) is 16.8 Å². The van der Waals surface area contributed by atoms with Crippen LogP contribution in [0.3, 0.4) is 0 Å². The molecule has 0 aliphatic rings. The zero-order valence-electron chi connectivity index (χ0n) is 14.3. The number of benzene rings is 2. The number of aromatic nitrogens is 1. The van der Waals surface area contributed by atoms with E-state index in [2.05, 4.69) is 35.0 Å². The van der Waals surface area contributed by atoms with Gasteiger partial charge in [0, 0.05) is 6.20 Å². The summed E-state index contributed by atoms with van der Waals surface area (Å²) in [7, 11) is 0. The van der Waals surface area contributed by atoms with E-state index in [1.807, 2.05) is 49.4 Å². The molecule has 1 aromatic heterocycles. The molecule has 0 N–H and O–H groups in total. The fourth-order valence-corrected chi connectivity index (χ4v) is 2.98. The van der Waals surface area contributed by atoms with Crippen molar-refractivity contribution in [2.75, 3.05) is 0 Å². The Morgan fingerprint density at radius 3 is 2.04 bits per heavy atom. The summed E-state index contributed by atoms with van der Waals surface area (Å²) in [5, 5.41) is 0. The van der Waals surface area contributed by atoms with Crippen molar-refractivity contribution < 1.29 is 4.74 Å². The summed E-state index contributed by atoms with van der Waals surface area (Å²) < 4.78 is 7.93. The van der Waals surface area contributed by atoms with E-state index in [4.69, 9.17) is 4.74 Å². The zero-order valence-corrected chi connectivity index (χ0v) is 15.9. The van der Waals surface area contributed by atoms with Crippen LogP contribution in [-0.2, 0) is 13.2 Å². The van der Waals surface area contributed by atoms with E-state index in [9.17, 15) is 4.79 Å². The average molecular weight is 398 g/mol. The lowest BCUT2D eigenvalue weighted by Crippen LogP contribution is -2.21. The van der Waals surface area contributed by atoms with E-state index < -0.39 is 0 Å². The van der Waals surface area contributed by atoms with Gasteiger partial charge >= 0.3 is 0 Å². The number of hydrogen-bond donors (Lipinski definition) is 0. The molecule has 0 aliphatic heterocycles. The summed E-state index contributed by atoms with van der Waals surface area (Å²) in [6.07, 6.45) is 1.78. The Kier molecular flexibility index (Phi) is 5.39. The topological polar surface area (TPSA) is 31.2 Å². The van der Waals surface area contributed by atoms with E-state index >= 15 is 0 Å². The van der Waals surface area contributed by atoms with Gasteiger partial charge in [0.05, 0.1) is 6.54 Å². The molecule has 3 aromatic rings. The molecule has 0 radical (unpaired) electrons. The van der Waals surface area contributed by atoms with Gasteiger partial charge in [0.2, 0.25) is 0 Å². The molecule has 1 heterocycles. The van der Waals surface area contributed by atoms with Gasteiger partial charge in [-0.1, -0.05) is 59.7 Å². The molecule has 0 saturated carbocycles. The quantitative estimate of drug-likeness (QED) is 0.615. The number of pyridine rings is 1. The molecule has 2 aromatic carbocycles. The summed E-state index contributed by atoms with van der Waals surface area (Å²) in [4.78, 5) is 12.6. The molecule has 0 unspecified atom stereocenters. The number of aryl methyl sites for hydroxylation is 2. The third-order valence-electron chi connectivity index (χ3n) is 4.06.